The van der Waals surface area contributed by atoms with Gasteiger partial charge in [-0.15, -0.1) is 17.0 Å². The fourth-order valence-corrected chi connectivity index (χ4v) is 3.61. The van der Waals surface area contributed by atoms with Crippen LogP contribution in [0.3, 0.4) is 0 Å². The molecule has 0 radical (unpaired) electrons. The largest absolute Gasteiger partial charge is 0.383 e. The fraction of sp³-hybridized carbons (Fsp3) is 0.316. The zero-order chi connectivity index (χ0) is 16.9. The van der Waals surface area contributed by atoms with E-state index in [0.29, 0.717) is 0 Å². The van der Waals surface area contributed by atoms with Crippen molar-refractivity contribution in [3.05, 3.63) is 46.1 Å². The van der Waals surface area contributed by atoms with Crippen molar-refractivity contribution in [1.82, 2.24) is 9.88 Å². The van der Waals surface area contributed by atoms with Gasteiger partial charge >= 0.3 is 0 Å². The van der Waals surface area contributed by atoms with E-state index in [2.05, 4.69) is 47.0 Å². The first-order valence-electron chi connectivity index (χ1n) is 8.30. The summed E-state index contributed by atoms with van der Waals surface area (Å²) in [7, 11) is 0. The lowest BCUT2D eigenvalue weighted by molar-refractivity contribution is 0.316. The smallest absolute Gasteiger partial charge is 0.0738 e. The second-order valence-corrected chi connectivity index (χ2v) is 6.90. The Kier molecular flexibility index (Phi) is 7.69. The molecule has 0 amide bonds. The Morgan fingerprint density at radius 3 is 2.64 bits per heavy atom. The maximum absolute atomic E-state index is 6.20. The van der Waals surface area contributed by atoms with Gasteiger partial charge in [-0.3, -0.25) is 0 Å². The number of hydrogen-bond acceptors (Lipinski definition) is 4. The molecule has 3 nitrogen and oxygen atoms in total. The summed E-state index contributed by atoms with van der Waals surface area (Å²) < 4.78 is 0. The van der Waals surface area contributed by atoms with Gasteiger partial charge in [-0.05, 0) is 48.8 Å². The van der Waals surface area contributed by atoms with E-state index in [9.17, 15) is 0 Å². The van der Waals surface area contributed by atoms with Crippen molar-refractivity contribution in [2.24, 2.45) is 0 Å². The number of fused-ring (bicyclic) bond motifs is 1. The molecule has 6 heteroatoms. The Hall–Kier alpha value is -1.14. The Labute approximate surface area is 168 Å². The molecule has 1 aromatic carbocycles. The van der Waals surface area contributed by atoms with Crippen LogP contribution in [0, 0.1) is 0 Å². The van der Waals surface area contributed by atoms with Crippen LogP contribution in [0.4, 0.5) is 5.69 Å². The first-order valence-corrected chi connectivity index (χ1v) is 9.62. The topological polar surface area (TPSA) is 28.2 Å². The second-order valence-electron chi connectivity index (χ2n) is 5.68. The molecular weight excluding hydrogens is 418 g/mol. The third-order valence-corrected chi connectivity index (χ3v) is 5.14. The van der Waals surface area contributed by atoms with Crippen molar-refractivity contribution in [2.75, 3.05) is 31.5 Å². The minimum absolute atomic E-state index is 0. The normalized spacial score (nSPS) is 10.9. The number of benzene rings is 1. The minimum atomic E-state index is 0. The summed E-state index contributed by atoms with van der Waals surface area (Å²) in [5.41, 5.74) is 4.21. The van der Waals surface area contributed by atoms with Gasteiger partial charge in [-0.25, -0.2) is 4.98 Å². The van der Waals surface area contributed by atoms with Crippen LogP contribution in [0.25, 0.3) is 22.2 Å². The number of rotatable bonds is 7. The quantitative estimate of drug-likeness (QED) is 0.492. The first-order chi connectivity index (χ1) is 11.7. The van der Waals surface area contributed by atoms with Gasteiger partial charge in [0.2, 0.25) is 0 Å². The number of aromatic nitrogens is 1. The molecular formula is C19H23BrClN3S. The van der Waals surface area contributed by atoms with E-state index < -0.39 is 0 Å². The first kappa shape index (κ1) is 20.2. The maximum Gasteiger partial charge on any atom is 0.0738 e. The summed E-state index contributed by atoms with van der Waals surface area (Å²) in [6.07, 6.45) is 0. The van der Waals surface area contributed by atoms with Gasteiger partial charge in [0.25, 0.3) is 0 Å². The molecule has 25 heavy (non-hydrogen) atoms. The third-order valence-electron chi connectivity index (χ3n) is 4.23. The number of thiophene rings is 1. The molecule has 0 aliphatic heterocycles. The molecule has 0 aliphatic rings. The lowest BCUT2D eigenvalue weighted by atomic mass is 10.1. The molecule has 0 atom stereocenters. The van der Waals surface area contributed by atoms with Gasteiger partial charge in [-0.1, -0.05) is 25.4 Å². The summed E-state index contributed by atoms with van der Waals surface area (Å²) >= 11 is 7.88. The number of pyridine rings is 1. The van der Waals surface area contributed by atoms with E-state index in [1.807, 2.05) is 18.2 Å². The predicted molar refractivity (Wildman–Crippen MR) is 117 cm³/mol. The molecule has 0 unspecified atom stereocenters. The molecule has 0 aliphatic carbocycles. The number of hydrogen-bond donors (Lipinski definition) is 1. The van der Waals surface area contributed by atoms with E-state index in [0.717, 1.165) is 59.0 Å². The lowest BCUT2D eigenvalue weighted by Gasteiger charge is -2.19. The number of likely N-dealkylation sites (N-methyl/N-ethyl adjacent to an activating group) is 1. The molecule has 0 spiro atoms. The van der Waals surface area contributed by atoms with Crippen LogP contribution in [-0.4, -0.2) is 36.1 Å². The summed E-state index contributed by atoms with van der Waals surface area (Å²) in [6.45, 7) is 8.45. The van der Waals surface area contributed by atoms with Crippen LogP contribution in [0.15, 0.2) is 41.1 Å². The summed E-state index contributed by atoms with van der Waals surface area (Å²) in [4.78, 5) is 7.20. The van der Waals surface area contributed by atoms with Gasteiger partial charge < -0.3 is 10.2 Å². The molecule has 2 heterocycles. The van der Waals surface area contributed by atoms with E-state index in [1.165, 1.54) is 0 Å². The number of nitrogens with one attached hydrogen (secondary N) is 1. The van der Waals surface area contributed by atoms with Crippen LogP contribution >= 0.6 is 39.9 Å². The molecule has 0 bridgehead atoms. The van der Waals surface area contributed by atoms with Crippen molar-refractivity contribution >= 4 is 56.5 Å². The van der Waals surface area contributed by atoms with Gasteiger partial charge in [0.15, 0.2) is 0 Å². The highest BCUT2D eigenvalue weighted by molar-refractivity contribution is 8.93. The van der Waals surface area contributed by atoms with E-state index in [-0.39, 0.29) is 17.0 Å². The lowest BCUT2D eigenvalue weighted by Crippen LogP contribution is -2.28. The van der Waals surface area contributed by atoms with Gasteiger partial charge in [-0.2, -0.15) is 11.3 Å². The van der Waals surface area contributed by atoms with Crippen molar-refractivity contribution in [2.45, 2.75) is 13.8 Å². The predicted octanol–water partition coefficient (Wildman–Crippen LogP) is 5.95. The fourth-order valence-electron chi connectivity index (χ4n) is 2.79. The molecule has 2 aromatic heterocycles. The zero-order valence-corrected chi connectivity index (χ0v) is 17.7. The third kappa shape index (κ3) is 4.94. The molecule has 3 rings (SSSR count). The van der Waals surface area contributed by atoms with Crippen LogP contribution in [0.5, 0.6) is 0 Å². The average Bonchev–Trinajstić information content (AvgIpc) is 3.13. The maximum atomic E-state index is 6.20. The zero-order valence-electron chi connectivity index (χ0n) is 14.5. The van der Waals surface area contributed by atoms with E-state index in [1.54, 1.807) is 11.3 Å². The monoisotopic (exact) mass is 439 g/mol. The SMILES string of the molecule is Br.CCN(CC)CCNc1cc(-c2ccsc2)nc2ccc(Cl)cc12. The molecule has 0 fully saturated rings. The van der Waals surface area contributed by atoms with Gasteiger partial charge in [0.05, 0.1) is 11.2 Å². The van der Waals surface area contributed by atoms with Crippen LogP contribution < -0.4 is 5.32 Å². The standard InChI is InChI=1S/C19H22ClN3S.BrH/c1-3-23(4-2)9-8-21-19-12-18(14-7-10-24-13-14)22-17-6-5-15(20)11-16(17)19;/h5-7,10-13H,3-4,8-9H2,1-2H3,(H,21,22);1H. The number of halogens is 2. The van der Waals surface area contributed by atoms with E-state index >= 15 is 0 Å². The van der Waals surface area contributed by atoms with Crippen molar-refractivity contribution < 1.29 is 0 Å². The molecule has 1 N–H and O–H groups in total. The molecule has 3 aromatic rings. The van der Waals surface area contributed by atoms with Crippen molar-refractivity contribution in [3.63, 3.8) is 0 Å². The van der Waals surface area contributed by atoms with Gasteiger partial charge in [0.1, 0.15) is 0 Å². The Balaban J connectivity index is 0.00000225. The highest BCUT2D eigenvalue weighted by Gasteiger charge is 2.09. The molecule has 0 saturated carbocycles. The molecule has 134 valence electrons. The Morgan fingerprint density at radius 1 is 1.16 bits per heavy atom. The van der Waals surface area contributed by atoms with Gasteiger partial charge in [0, 0.05) is 40.1 Å². The van der Waals surface area contributed by atoms with Crippen LogP contribution in [0.1, 0.15) is 13.8 Å². The molecule has 0 saturated heterocycles. The number of nitrogens with zero attached hydrogens (tertiary/aromatic N) is 2. The number of anilines is 1. The summed E-state index contributed by atoms with van der Waals surface area (Å²) in [5, 5.41) is 9.59. The summed E-state index contributed by atoms with van der Waals surface area (Å²) in [6, 6.07) is 10.1. The highest BCUT2D eigenvalue weighted by Crippen LogP contribution is 2.31. The van der Waals surface area contributed by atoms with Crippen molar-refractivity contribution in [3.8, 4) is 11.3 Å². The second kappa shape index (κ2) is 9.53. The van der Waals surface area contributed by atoms with Crippen molar-refractivity contribution in [1.29, 1.82) is 0 Å². The Morgan fingerprint density at radius 2 is 1.96 bits per heavy atom. The Bertz CT molecular complexity index is 804. The summed E-state index contributed by atoms with van der Waals surface area (Å²) in [5.74, 6) is 0. The average molecular weight is 441 g/mol. The minimum Gasteiger partial charge on any atom is -0.383 e. The van der Waals surface area contributed by atoms with Crippen LogP contribution in [0.2, 0.25) is 5.02 Å². The van der Waals surface area contributed by atoms with Crippen LogP contribution in [-0.2, 0) is 0 Å². The highest BCUT2D eigenvalue weighted by atomic mass is 79.9. The van der Waals surface area contributed by atoms with E-state index in [4.69, 9.17) is 16.6 Å².